The smallest absolute Gasteiger partial charge is 0.258 e. The molecule has 4 heteroatoms. The van der Waals surface area contributed by atoms with Crippen molar-refractivity contribution in [2.24, 2.45) is 0 Å². The minimum absolute atomic E-state index is 0.174. The normalized spacial score (nSPS) is 11.9. The summed E-state index contributed by atoms with van der Waals surface area (Å²) in [6, 6.07) is 11.3. The van der Waals surface area contributed by atoms with E-state index in [4.69, 9.17) is 4.74 Å². The zero-order valence-corrected chi connectivity index (χ0v) is 11.7. The van der Waals surface area contributed by atoms with Crippen LogP contribution < -0.4 is 5.32 Å². The van der Waals surface area contributed by atoms with Crippen LogP contribution in [0.4, 0.5) is 5.69 Å². The van der Waals surface area contributed by atoms with Gasteiger partial charge < -0.3 is 10.1 Å². The topological polar surface area (TPSA) is 51.2 Å². The lowest BCUT2D eigenvalue weighted by Crippen LogP contribution is -2.24. The number of carbonyl (C=O) groups is 1. The first kappa shape index (κ1) is 14.2. The Balaban J connectivity index is 2.18. The fourth-order valence-electron chi connectivity index (χ4n) is 1.93. The SMILES string of the molecule is CCOC(C(=O)Nc1ccncc1C)c1ccccc1. The Kier molecular flexibility index (Phi) is 4.85. The van der Waals surface area contributed by atoms with E-state index in [9.17, 15) is 4.79 Å². The highest BCUT2D eigenvalue weighted by Gasteiger charge is 2.21. The lowest BCUT2D eigenvalue weighted by molar-refractivity contribution is -0.127. The molecule has 0 aliphatic rings. The van der Waals surface area contributed by atoms with Crippen molar-refractivity contribution in [2.75, 3.05) is 11.9 Å². The van der Waals surface area contributed by atoms with E-state index >= 15 is 0 Å². The molecule has 0 saturated carbocycles. The molecule has 1 amide bonds. The highest BCUT2D eigenvalue weighted by Crippen LogP contribution is 2.20. The molecule has 2 aromatic rings. The average Bonchev–Trinajstić information content (AvgIpc) is 2.48. The molecule has 1 heterocycles. The second kappa shape index (κ2) is 6.82. The summed E-state index contributed by atoms with van der Waals surface area (Å²) in [4.78, 5) is 16.4. The Morgan fingerprint density at radius 1 is 1.30 bits per heavy atom. The number of amides is 1. The molecule has 1 unspecified atom stereocenters. The number of anilines is 1. The van der Waals surface area contributed by atoms with Crippen molar-refractivity contribution in [3.05, 3.63) is 59.9 Å². The number of pyridine rings is 1. The van der Waals surface area contributed by atoms with Gasteiger partial charge in [-0.15, -0.1) is 0 Å². The van der Waals surface area contributed by atoms with E-state index in [-0.39, 0.29) is 5.91 Å². The molecule has 104 valence electrons. The molecule has 1 aromatic carbocycles. The molecule has 1 atom stereocenters. The average molecular weight is 270 g/mol. The molecular formula is C16H18N2O2. The van der Waals surface area contributed by atoms with Gasteiger partial charge in [-0.05, 0) is 31.0 Å². The highest BCUT2D eigenvalue weighted by molar-refractivity contribution is 5.95. The summed E-state index contributed by atoms with van der Waals surface area (Å²) in [7, 11) is 0. The third kappa shape index (κ3) is 3.42. The minimum atomic E-state index is -0.603. The van der Waals surface area contributed by atoms with Crippen LogP contribution in [0.25, 0.3) is 0 Å². The van der Waals surface area contributed by atoms with Crippen molar-refractivity contribution in [1.82, 2.24) is 4.98 Å². The molecular weight excluding hydrogens is 252 g/mol. The van der Waals surface area contributed by atoms with Crippen LogP contribution in [-0.4, -0.2) is 17.5 Å². The number of nitrogens with zero attached hydrogens (tertiary/aromatic N) is 1. The minimum Gasteiger partial charge on any atom is -0.364 e. The van der Waals surface area contributed by atoms with Crippen LogP contribution in [0.1, 0.15) is 24.2 Å². The summed E-state index contributed by atoms with van der Waals surface area (Å²) < 4.78 is 5.57. The first-order valence-corrected chi connectivity index (χ1v) is 6.60. The van der Waals surface area contributed by atoms with Gasteiger partial charge >= 0.3 is 0 Å². The molecule has 0 aliphatic heterocycles. The van der Waals surface area contributed by atoms with Gasteiger partial charge in [-0.1, -0.05) is 30.3 Å². The van der Waals surface area contributed by atoms with Gasteiger partial charge in [0.05, 0.1) is 0 Å². The largest absolute Gasteiger partial charge is 0.364 e. The Hall–Kier alpha value is -2.20. The van der Waals surface area contributed by atoms with Gasteiger partial charge in [0, 0.05) is 24.7 Å². The summed E-state index contributed by atoms with van der Waals surface area (Å²) in [6.07, 6.45) is 2.77. The number of hydrogen-bond donors (Lipinski definition) is 1. The molecule has 0 bridgehead atoms. The van der Waals surface area contributed by atoms with Gasteiger partial charge in [-0.25, -0.2) is 0 Å². The summed E-state index contributed by atoms with van der Waals surface area (Å²) in [5.74, 6) is -0.174. The molecule has 0 aliphatic carbocycles. The predicted molar refractivity (Wildman–Crippen MR) is 78.4 cm³/mol. The van der Waals surface area contributed by atoms with E-state index in [0.29, 0.717) is 6.61 Å². The van der Waals surface area contributed by atoms with Crippen molar-refractivity contribution in [2.45, 2.75) is 20.0 Å². The third-order valence-electron chi connectivity index (χ3n) is 2.95. The maximum Gasteiger partial charge on any atom is 0.258 e. The number of benzene rings is 1. The third-order valence-corrected chi connectivity index (χ3v) is 2.95. The Morgan fingerprint density at radius 2 is 2.05 bits per heavy atom. The van der Waals surface area contributed by atoms with E-state index in [0.717, 1.165) is 16.8 Å². The van der Waals surface area contributed by atoms with Gasteiger partial charge in [-0.2, -0.15) is 0 Å². The first-order chi connectivity index (χ1) is 9.72. The number of ether oxygens (including phenoxy) is 1. The second-order valence-electron chi connectivity index (χ2n) is 4.43. The van der Waals surface area contributed by atoms with Crippen molar-refractivity contribution in [3.8, 4) is 0 Å². The maximum absolute atomic E-state index is 12.4. The standard InChI is InChI=1S/C16H18N2O2/c1-3-20-15(13-7-5-4-6-8-13)16(19)18-14-9-10-17-11-12(14)2/h4-11,15H,3H2,1-2H3,(H,17,18,19). The van der Waals surface area contributed by atoms with E-state index in [1.54, 1.807) is 18.5 Å². The number of aryl methyl sites for hydroxylation is 1. The van der Waals surface area contributed by atoms with E-state index in [1.165, 1.54) is 0 Å². The highest BCUT2D eigenvalue weighted by atomic mass is 16.5. The molecule has 20 heavy (non-hydrogen) atoms. The Bertz CT molecular complexity index is 570. The lowest BCUT2D eigenvalue weighted by Gasteiger charge is -2.17. The van der Waals surface area contributed by atoms with E-state index < -0.39 is 6.10 Å². The van der Waals surface area contributed by atoms with Crippen LogP contribution in [0, 0.1) is 6.92 Å². The molecule has 0 fully saturated rings. The Labute approximate surface area is 118 Å². The van der Waals surface area contributed by atoms with Crippen LogP contribution in [0.5, 0.6) is 0 Å². The molecule has 0 spiro atoms. The fraction of sp³-hybridized carbons (Fsp3) is 0.250. The van der Waals surface area contributed by atoms with Gasteiger partial charge in [-0.3, -0.25) is 9.78 Å². The number of hydrogen-bond acceptors (Lipinski definition) is 3. The molecule has 0 radical (unpaired) electrons. The summed E-state index contributed by atoms with van der Waals surface area (Å²) >= 11 is 0. The van der Waals surface area contributed by atoms with Crippen LogP contribution in [0.2, 0.25) is 0 Å². The fourth-order valence-corrected chi connectivity index (χ4v) is 1.93. The molecule has 1 N–H and O–H groups in total. The van der Waals surface area contributed by atoms with Crippen LogP contribution >= 0.6 is 0 Å². The maximum atomic E-state index is 12.4. The van der Waals surface area contributed by atoms with Crippen LogP contribution in [0.3, 0.4) is 0 Å². The van der Waals surface area contributed by atoms with Gasteiger partial charge in [0.25, 0.3) is 5.91 Å². The van der Waals surface area contributed by atoms with Crippen molar-refractivity contribution in [3.63, 3.8) is 0 Å². The quantitative estimate of drug-likeness (QED) is 0.908. The van der Waals surface area contributed by atoms with Crippen LogP contribution in [-0.2, 0) is 9.53 Å². The molecule has 4 nitrogen and oxygen atoms in total. The molecule has 0 saturated heterocycles. The number of rotatable bonds is 5. The lowest BCUT2D eigenvalue weighted by atomic mass is 10.1. The van der Waals surface area contributed by atoms with Crippen molar-refractivity contribution in [1.29, 1.82) is 0 Å². The van der Waals surface area contributed by atoms with Crippen LogP contribution in [0.15, 0.2) is 48.8 Å². The first-order valence-electron chi connectivity index (χ1n) is 6.60. The number of carbonyl (C=O) groups excluding carboxylic acids is 1. The zero-order valence-electron chi connectivity index (χ0n) is 11.7. The second-order valence-corrected chi connectivity index (χ2v) is 4.43. The van der Waals surface area contributed by atoms with Gasteiger partial charge in [0.15, 0.2) is 6.10 Å². The van der Waals surface area contributed by atoms with Crippen molar-refractivity contribution < 1.29 is 9.53 Å². The predicted octanol–water partition coefficient (Wildman–Crippen LogP) is 3.11. The summed E-state index contributed by atoms with van der Waals surface area (Å²) in [5.41, 5.74) is 2.52. The molecule has 1 aromatic heterocycles. The van der Waals surface area contributed by atoms with Gasteiger partial charge in [0.1, 0.15) is 0 Å². The molecule has 2 rings (SSSR count). The van der Waals surface area contributed by atoms with Gasteiger partial charge in [0.2, 0.25) is 0 Å². The monoisotopic (exact) mass is 270 g/mol. The zero-order chi connectivity index (χ0) is 14.4. The number of aromatic nitrogens is 1. The van der Waals surface area contributed by atoms with E-state index in [2.05, 4.69) is 10.3 Å². The van der Waals surface area contributed by atoms with E-state index in [1.807, 2.05) is 44.2 Å². The summed E-state index contributed by atoms with van der Waals surface area (Å²) in [5, 5.41) is 2.89. The number of nitrogens with one attached hydrogen (secondary N) is 1. The summed E-state index contributed by atoms with van der Waals surface area (Å²) in [6.45, 7) is 4.25. The van der Waals surface area contributed by atoms with Crippen molar-refractivity contribution >= 4 is 11.6 Å². The Morgan fingerprint density at radius 3 is 2.70 bits per heavy atom.